The summed E-state index contributed by atoms with van der Waals surface area (Å²) < 4.78 is 30.5. The van der Waals surface area contributed by atoms with E-state index < -0.39 is 17.5 Å². The van der Waals surface area contributed by atoms with E-state index in [0.717, 1.165) is 17.8 Å². The molecule has 1 aromatic heterocycles. The highest BCUT2D eigenvalue weighted by atomic mass is 19.2. The van der Waals surface area contributed by atoms with Gasteiger partial charge >= 0.3 is 0 Å². The van der Waals surface area contributed by atoms with Crippen LogP contribution in [0.3, 0.4) is 0 Å². The van der Waals surface area contributed by atoms with E-state index in [9.17, 15) is 13.6 Å². The molecule has 0 aliphatic carbocycles. The van der Waals surface area contributed by atoms with Crippen molar-refractivity contribution >= 4 is 5.91 Å². The predicted molar refractivity (Wildman–Crippen MR) is 63.6 cm³/mol. The van der Waals surface area contributed by atoms with Gasteiger partial charge in [-0.1, -0.05) is 5.16 Å². The van der Waals surface area contributed by atoms with Gasteiger partial charge in [0.15, 0.2) is 11.6 Å². The van der Waals surface area contributed by atoms with Gasteiger partial charge in [-0.2, -0.15) is 0 Å². The molecule has 0 saturated heterocycles. The molecule has 0 saturated carbocycles. The highest BCUT2D eigenvalue weighted by Crippen LogP contribution is 2.08. The van der Waals surface area contributed by atoms with Crippen LogP contribution < -0.4 is 5.32 Å². The fourth-order valence-corrected chi connectivity index (χ4v) is 1.58. The minimum atomic E-state index is -1.04. The normalized spacial score (nSPS) is 10.5. The van der Waals surface area contributed by atoms with Gasteiger partial charge in [0, 0.05) is 24.6 Å². The molecular weight excluding hydrogens is 254 g/mol. The topological polar surface area (TPSA) is 55.1 Å². The average Bonchev–Trinajstić information content (AvgIpc) is 2.78. The van der Waals surface area contributed by atoms with Crippen LogP contribution >= 0.6 is 0 Å². The van der Waals surface area contributed by atoms with Crippen LogP contribution in [0.1, 0.15) is 21.8 Å². The maximum atomic E-state index is 13.0. The molecule has 0 unspecified atom stereocenters. The molecule has 0 bridgehead atoms. The molecule has 1 heterocycles. The summed E-state index contributed by atoms with van der Waals surface area (Å²) in [4.78, 5) is 11.7. The number of hydrogen-bond acceptors (Lipinski definition) is 3. The first-order valence-corrected chi connectivity index (χ1v) is 5.71. The van der Waals surface area contributed by atoms with Crippen molar-refractivity contribution in [2.75, 3.05) is 6.54 Å². The monoisotopic (exact) mass is 266 g/mol. The number of amides is 1. The average molecular weight is 266 g/mol. The lowest BCUT2D eigenvalue weighted by Gasteiger charge is -2.04. The molecule has 4 nitrogen and oxygen atoms in total. The van der Waals surface area contributed by atoms with E-state index in [-0.39, 0.29) is 5.56 Å². The largest absolute Gasteiger partial charge is 0.361 e. The van der Waals surface area contributed by atoms with Gasteiger partial charge in [0.05, 0.1) is 5.69 Å². The Morgan fingerprint density at radius 3 is 2.74 bits per heavy atom. The number of nitrogens with one attached hydrogen (secondary N) is 1. The number of aryl methyl sites for hydroxylation is 1. The summed E-state index contributed by atoms with van der Waals surface area (Å²) in [7, 11) is 0. The molecule has 1 amide bonds. The summed E-state index contributed by atoms with van der Waals surface area (Å²) in [5.74, 6) is -1.78. The number of carbonyl (C=O) groups is 1. The minimum absolute atomic E-state index is 0.0789. The van der Waals surface area contributed by atoms with Gasteiger partial charge in [-0.15, -0.1) is 0 Å². The van der Waals surface area contributed by atoms with E-state index >= 15 is 0 Å². The second-order valence-corrected chi connectivity index (χ2v) is 4.06. The van der Waals surface area contributed by atoms with Crippen molar-refractivity contribution in [2.45, 2.75) is 13.3 Å². The Morgan fingerprint density at radius 1 is 1.32 bits per heavy atom. The highest BCUT2D eigenvalue weighted by molar-refractivity contribution is 5.94. The van der Waals surface area contributed by atoms with Crippen LogP contribution in [-0.2, 0) is 6.42 Å². The van der Waals surface area contributed by atoms with E-state index in [1.807, 2.05) is 0 Å². The van der Waals surface area contributed by atoms with Crippen LogP contribution in [0.2, 0.25) is 0 Å². The number of carbonyl (C=O) groups excluding carboxylic acids is 1. The maximum absolute atomic E-state index is 13.0. The Bertz CT molecular complexity index is 596. The number of aromatic nitrogens is 1. The van der Waals surface area contributed by atoms with Crippen molar-refractivity contribution < 1.29 is 18.1 Å². The van der Waals surface area contributed by atoms with Gasteiger partial charge in [0.1, 0.15) is 5.76 Å². The van der Waals surface area contributed by atoms with Crippen LogP contribution in [0.25, 0.3) is 0 Å². The van der Waals surface area contributed by atoms with Gasteiger partial charge < -0.3 is 9.84 Å². The molecule has 0 atom stereocenters. The summed E-state index contributed by atoms with van der Waals surface area (Å²) in [6.07, 6.45) is 0.507. The van der Waals surface area contributed by atoms with Crippen LogP contribution in [0, 0.1) is 18.6 Å². The SMILES string of the molecule is Cc1cc(CCNC(=O)c2ccc(F)c(F)c2)no1. The molecule has 6 heteroatoms. The third-order valence-electron chi connectivity index (χ3n) is 2.53. The molecule has 1 N–H and O–H groups in total. The fourth-order valence-electron chi connectivity index (χ4n) is 1.58. The third-order valence-corrected chi connectivity index (χ3v) is 2.53. The Balaban J connectivity index is 1.89. The molecular formula is C13H12F2N2O2. The third kappa shape index (κ3) is 3.37. The summed E-state index contributed by atoms with van der Waals surface area (Å²) >= 11 is 0. The summed E-state index contributed by atoms with van der Waals surface area (Å²) in [6.45, 7) is 2.11. The predicted octanol–water partition coefficient (Wildman–Crippen LogP) is 2.23. The zero-order chi connectivity index (χ0) is 13.8. The Hall–Kier alpha value is -2.24. The van der Waals surface area contributed by atoms with Crippen LogP contribution in [0.4, 0.5) is 8.78 Å². The summed E-state index contributed by atoms with van der Waals surface area (Å²) in [5, 5.41) is 6.37. The van der Waals surface area contributed by atoms with Crippen molar-refractivity contribution in [3.63, 3.8) is 0 Å². The van der Waals surface area contributed by atoms with Gasteiger partial charge in [0.2, 0.25) is 0 Å². The molecule has 1 aromatic carbocycles. The Kier molecular flexibility index (Phi) is 3.89. The molecule has 0 spiro atoms. The van der Waals surface area contributed by atoms with Crippen molar-refractivity contribution in [1.82, 2.24) is 10.5 Å². The van der Waals surface area contributed by atoms with E-state index in [1.165, 1.54) is 6.07 Å². The Labute approximate surface area is 108 Å². The number of hydrogen-bond donors (Lipinski definition) is 1. The minimum Gasteiger partial charge on any atom is -0.361 e. The lowest BCUT2D eigenvalue weighted by Crippen LogP contribution is -2.25. The van der Waals surface area contributed by atoms with Gasteiger partial charge in [0.25, 0.3) is 5.91 Å². The first kappa shape index (κ1) is 13.2. The standard InChI is InChI=1S/C13H12F2N2O2/c1-8-6-10(17-19-8)4-5-16-13(18)9-2-3-11(14)12(15)7-9/h2-3,6-7H,4-5H2,1H3,(H,16,18). The molecule has 2 rings (SSSR count). The molecule has 0 aliphatic heterocycles. The van der Waals surface area contributed by atoms with E-state index in [2.05, 4.69) is 10.5 Å². The number of rotatable bonds is 4. The molecule has 0 aliphatic rings. The molecule has 0 fully saturated rings. The molecule has 2 aromatic rings. The van der Waals surface area contributed by atoms with E-state index in [0.29, 0.717) is 18.7 Å². The van der Waals surface area contributed by atoms with Crippen LogP contribution in [-0.4, -0.2) is 17.6 Å². The molecule has 100 valence electrons. The molecule has 19 heavy (non-hydrogen) atoms. The van der Waals surface area contributed by atoms with Crippen LogP contribution in [0.5, 0.6) is 0 Å². The first-order valence-electron chi connectivity index (χ1n) is 5.71. The van der Waals surface area contributed by atoms with Gasteiger partial charge in [-0.25, -0.2) is 8.78 Å². The second kappa shape index (κ2) is 5.60. The van der Waals surface area contributed by atoms with Crippen molar-refractivity contribution in [2.24, 2.45) is 0 Å². The number of halogens is 2. The number of benzene rings is 1. The fraction of sp³-hybridized carbons (Fsp3) is 0.231. The van der Waals surface area contributed by atoms with Crippen molar-refractivity contribution in [3.8, 4) is 0 Å². The zero-order valence-corrected chi connectivity index (χ0v) is 10.2. The lowest BCUT2D eigenvalue weighted by atomic mass is 10.2. The quantitative estimate of drug-likeness (QED) is 0.923. The van der Waals surface area contributed by atoms with E-state index in [1.54, 1.807) is 13.0 Å². The van der Waals surface area contributed by atoms with Gasteiger partial charge in [-0.3, -0.25) is 4.79 Å². The van der Waals surface area contributed by atoms with Gasteiger partial charge in [-0.05, 0) is 25.1 Å². The smallest absolute Gasteiger partial charge is 0.251 e. The number of nitrogens with zero attached hydrogens (tertiary/aromatic N) is 1. The second-order valence-electron chi connectivity index (χ2n) is 4.06. The molecule has 0 radical (unpaired) electrons. The first-order chi connectivity index (χ1) is 9.06. The van der Waals surface area contributed by atoms with E-state index in [4.69, 9.17) is 4.52 Å². The highest BCUT2D eigenvalue weighted by Gasteiger charge is 2.09. The lowest BCUT2D eigenvalue weighted by molar-refractivity contribution is 0.0953. The maximum Gasteiger partial charge on any atom is 0.251 e. The summed E-state index contributed by atoms with van der Waals surface area (Å²) in [6, 6.07) is 4.79. The Morgan fingerprint density at radius 2 is 2.11 bits per heavy atom. The van der Waals surface area contributed by atoms with Crippen molar-refractivity contribution in [1.29, 1.82) is 0 Å². The zero-order valence-electron chi connectivity index (χ0n) is 10.2. The van der Waals surface area contributed by atoms with Crippen molar-refractivity contribution in [3.05, 3.63) is 52.9 Å². The van der Waals surface area contributed by atoms with Crippen LogP contribution in [0.15, 0.2) is 28.8 Å². The summed E-state index contributed by atoms with van der Waals surface area (Å²) in [5.41, 5.74) is 0.804.